The van der Waals surface area contributed by atoms with Gasteiger partial charge in [-0.2, -0.15) is 0 Å². The zero-order valence-electron chi connectivity index (χ0n) is 40.2. The molecule has 0 rings (SSSR count). The largest absolute Gasteiger partial charge is 0.462 e. The van der Waals surface area contributed by atoms with Gasteiger partial charge in [0, 0.05) is 26.4 Å². The van der Waals surface area contributed by atoms with Crippen molar-refractivity contribution in [2.45, 2.75) is 278 Å². The van der Waals surface area contributed by atoms with E-state index in [1.807, 2.05) is 0 Å². The minimum Gasteiger partial charge on any atom is -0.462 e. The molecule has 1 unspecified atom stereocenters. The van der Waals surface area contributed by atoms with Gasteiger partial charge in [0.2, 0.25) is 10.0 Å². The molecule has 0 radical (unpaired) electrons. The Balaban J connectivity index is 0. The highest BCUT2D eigenvalue weighted by Gasteiger charge is 2.16. The third kappa shape index (κ3) is 40.9. The Morgan fingerprint density at radius 3 is 1.10 bits per heavy atom. The molecule has 1 atom stereocenters. The maximum Gasteiger partial charge on any atom is 0.306 e. The molecule has 9 heteroatoms. The molecule has 360 valence electrons. The van der Waals surface area contributed by atoms with E-state index in [9.17, 15) is 18.0 Å². The van der Waals surface area contributed by atoms with Crippen LogP contribution in [0.25, 0.3) is 0 Å². The molecule has 0 fully saturated rings. The number of carbonyl (C=O) groups excluding carboxylic acids is 2. The summed E-state index contributed by atoms with van der Waals surface area (Å²) in [6.45, 7) is 12.4. The second-order valence-electron chi connectivity index (χ2n) is 18.0. The lowest BCUT2D eigenvalue weighted by atomic mass is 10.0. The molecule has 0 bridgehead atoms. The molecule has 0 aromatic heterocycles. The van der Waals surface area contributed by atoms with Crippen molar-refractivity contribution >= 4 is 22.0 Å². The standard InChI is InChI=1S/C50H100N2O6S.CH4/c1-7-11-14-17-22-29-38-47(37-10-4)57-49(53)41-32-25-20-27-34-44-52(46-36-43-51(5)59(6,55)56)45-35-28-21-26-33-42-50(54)58-48(39-30-23-18-15-12-8-2)40-31-24-19-16-13-9-3;/h47-48H,7-46H2,1-6H3;1H4. The first-order valence-electron chi connectivity index (χ1n) is 25.6. The molecule has 0 aliphatic rings. The van der Waals surface area contributed by atoms with Crippen molar-refractivity contribution in [1.29, 1.82) is 0 Å². The van der Waals surface area contributed by atoms with E-state index in [-0.39, 0.29) is 31.6 Å². The van der Waals surface area contributed by atoms with Gasteiger partial charge < -0.3 is 14.4 Å². The van der Waals surface area contributed by atoms with E-state index in [0.29, 0.717) is 19.4 Å². The van der Waals surface area contributed by atoms with Gasteiger partial charge in [0.25, 0.3) is 0 Å². The van der Waals surface area contributed by atoms with Crippen LogP contribution in [0.15, 0.2) is 0 Å². The number of unbranched alkanes of at least 4 members (excludes halogenated alkanes) is 23. The monoisotopic (exact) mass is 873 g/mol. The molecule has 8 nitrogen and oxygen atoms in total. The van der Waals surface area contributed by atoms with Gasteiger partial charge in [0.05, 0.1) is 6.26 Å². The topological polar surface area (TPSA) is 93.2 Å². The summed E-state index contributed by atoms with van der Waals surface area (Å²) in [5.74, 6) is -0.0256. The van der Waals surface area contributed by atoms with Crippen LogP contribution in [0.3, 0.4) is 0 Å². The molecular formula is C51H104N2O6S. The molecule has 0 aromatic rings. The van der Waals surface area contributed by atoms with Gasteiger partial charge in [-0.3, -0.25) is 9.59 Å². The van der Waals surface area contributed by atoms with Crippen LogP contribution in [0.4, 0.5) is 0 Å². The van der Waals surface area contributed by atoms with Crippen molar-refractivity contribution in [2.75, 3.05) is 39.5 Å². The summed E-state index contributed by atoms with van der Waals surface area (Å²) in [5.41, 5.74) is 0. The van der Waals surface area contributed by atoms with Gasteiger partial charge in [-0.25, -0.2) is 12.7 Å². The van der Waals surface area contributed by atoms with Gasteiger partial charge in [-0.1, -0.05) is 176 Å². The lowest BCUT2D eigenvalue weighted by Crippen LogP contribution is -2.32. The normalized spacial score (nSPS) is 12.3. The highest BCUT2D eigenvalue weighted by atomic mass is 32.2. The zero-order chi connectivity index (χ0) is 43.7. The molecule has 0 spiro atoms. The summed E-state index contributed by atoms with van der Waals surface area (Å²) in [4.78, 5) is 27.9. The van der Waals surface area contributed by atoms with Crippen molar-refractivity contribution in [3.63, 3.8) is 0 Å². The summed E-state index contributed by atoms with van der Waals surface area (Å²) in [6.07, 6.45) is 41.9. The van der Waals surface area contributed by atoms with Crippen LogP contribution >= 0.6 is 0 Å². The second-order valence-corrected chi connectivity index (χ2v) is 20.1. The molecule has 0 saturated carbocycles. The number of rotatable bonds is 46. The Hall–Kier alpha value is -1.19. The molecule has 60 heavy (non-hydrogen) atoms. The van der Waals surface area contributed by atoms with Gasteiger partial charge >= 0.3 is 11.9 Å². The van der Waals surface area contributed by atoms with E-state index in [4.69, 9.17) is 9.47 Å². The molecule has 0 aliphatic carbocycles. The highest BCUT2D eigenvalue weighted by Crippen LogP contribution is 2.19. The summed E-state index contributed by atoms with van der Waals surface area (Å²) in [6, 6.07) is 0. The molecular weight excluding hydrogens is 769 g/mol. The first-order chi connectivity index (χ1) is 28.6. The van der Waals surface area contributed by atoms with E-state index in [2.05, 4.69) is 32.6 Å². The Morgan fingerprint density at radius 1 is 0.417 bits per heavy atom. The van der Waals surface area contributed by atoms with Gasteiger partial charge in [0.15, 0.2) is 0 Å². The maximum absolute atomic E-state index is 12.8. The fraction of sp³-hybridized carbons (Fsp3) is 0.961. The Morgan fingerprint density at radius 2 is 0.733 bits per heavy atom. The average Bonchev–Trinajstić information content (AvgIpc) is 3.20. The quantitative estimate of drug-likeness (QED) is 0.0444. The van der Waals surface area contributed by atoms with Crippen LogP contribution < -0.4 is 0 Å². The van der Waals surface area contributed by atoms with Gasteiger partial charge in [-0.05, 0) is 96.7 Å². The van der Waals surface area contributed by atoms with Crippen LogP contribution in [0.1, 0.15) is 266 Å². The van der Waals surface area contributed by atoms with E-state index in [0.717, 1.165) is 129 Å². The van der Waals surface area contributed by atoms with Crippen molar-refractivity contribution in [2.24, 2.45) is 0 Å². The second kappa shape index (κ2) is 44.4. The number of sulfonamides is 1. The predicted octanol–water partition coefficient (Wildman–Crippen LogP) is 14.8. The third-order valence-electron chi connectivity index (χ3n) is 12.1. The van der Waals surface area contributed by atoms with Crippen LogP contribution in [-0.4, -0.2) is 81.3 Å². The molecule has 0 heterocycles. The van der Waals surface area contributed by atoms with E-state index in [1.54, 1.807) is 7.05 Å². The fourth-order valence-corrected chi connectivity index (χ4v) is 8.54. The van der Waals surface area contributed by atoms with Crippen LogP contribution in [0.5, 0.6) is 0 Å². The number of carbonyl (C=O) groups is 2. The van der Waals surface area contributed by atoms with Crippen LogP contribution in [-0.2, 0) is 29.1 Å². The third-order valence-corrected chi connectivity index (χ3v) is 13.4. The molecule has 0 amide bonds. The Labute approximate surface area is 375 Å². The Kier molecular flexibility index (Phi) is 45.1. The van der Waals surface area contributed by atoms with Gasteiger partial charge in [0.1, 0.15) is 12.2 Å². The SMILES string of the molecule is C.CCCCCCCCC(CCC)OC(=O)CCCCCCCN(CCCCCCCC(=O)OC(CCCCCCCC)CCCCCCCC)CCCN(C)S(C)(=O)=O. The highest BCUT2D eigenvalue weighted by molar-refractivity contribution is 7.88. The Bertz CT molecular complexity index is 1020. The van der Waals surface area contributed by atoms with Crippen LogP contribution in [0, 0.1) is 0 Å². The van der Waals surface area contributed by atoms with E-state index >= 15 is 0 Å². The molecule has 0 saturated heterocycles. The van der Waals surface area contributed by atoms with Crippen molar-refractivity contribution < 1.29 is 27.5 Å². The fourth-order valence-electron chi connectivity index (χ4n) is 8.08. The summed E-state index contributed by atoms with van der Waals surface area (Å²) in [5, 5.41) is 0. The first kappa shape index (κ1) is 60.9. The first-order valence-corrected chi connectivity index (χ1v) is 27.4. The van der Waals surface area contributed by atoms with Crippen molar-refractivity contribution in [1.82, 2.24) is 9.21 Å². The van der Waals surface area contributed by atoms with Crippen molar-refractivity contribution in [3.8, 4) is 0 Å². The number of hydrogen-bond donors (Lipinski definition) is 0. The summed E-state index contributed by atoms with van der Waals surface area (Å²) >= 11 is 0. The zero-order valence-corrected chi connectivity index (χ0v) is 41.0. The van der Waals surface area contributed by atoms with Gasteiger partial charge in [-0.15, -0.1) is 0 Å². The van der Waals surface area contributed by atoms with E-state index in [1.165, 1.54) is 120 Å². The summed E-state index contributed by atoms with van der Waals surface area (Å²) in [7, 11) is -1.50. The van der Waals surface area contributed by atoms with Crippen molar-refractivity contribution in [3.05, 3.63) is 0 Å². The average molecular weight is 873 g/mol. The minimum absolute atomic E-state index is 0. The summed E-state index contributed by atoms with van der Waals surface area (Å²) < 4.78 is 37.2. The number of nitrogens with zero attached hydrogens (tertiary/aromatic N) is 2. The number of ether oxygens (including phenoxy) is 2. The number of hydrogen-bond acceptors (Lipinski definition) is 7. The molecule has 0 N–H and O–H groups in total. The smallest absolute Gasteiger partial charge is 0.306 e. The minimum atomic E-state index is -3.17. The maximum atomic E-state index is 12.8. The molecule has 0 aromatic carbocycles. The number of esters is 2. The van der Waals surface area contributed by atoms with Crippen LogP contribution in [0.2, 0.25) is 0 Å². The molecule has 0 aliphatic heterocycles. The predicted molar refractivity (Wildman–Crippen MR) is 259 cm³/mol. The lowest BCUT2D eigenvalue weighted by Gasteiger charge is -2.23. The van der Waals surface area contributed by atoms with E-state index < -0.39 is 10.0 Å². The lowest BCUT2D eigenvalue weighted by molar-refractivity contribution is -0.151.